The summed E-state index contributed by atoms with van der Waals surface area (Å²) in [5.74, 6) is -1.73. The van der Waals surface area contributed by atoms with Gasteiger partial charge in [-0.05, 0) is 0 Å². The van der Waals surface area contributed by atoms with Crippen LogP contribution in [0.15, 0.2) is 30.3 Å². The minimum Gasteiger partial charge on any atom is -0.286 e. The second-order valence-electron chi connectivity index (χ2n) is 3.22. The van der Waals surface area contributed by atoms with E-state index in [-0.39, 0.29) is 11.1 Å². The molecule has 0 radical (unpaired) electrons. The quantitative estimate of drug-likeness (QED) is 0.449. The molecular formula is C10H6N2O5S. The van der Waals surface area contributed by atoms with Gasteiger partial charge in [0.05, 0.1) is 0 Å². The van der Waals surface area contributed by atoms with Gasteiger partial charge in [-0.25, -0.2) is 0 Å². The molecular weight excluding hydrogens is 260 g/mol. The third kappa shape index (κ3) is 2.32. The lowest BCUT2D eigenvalue weighted by Gasteiger charge is -2.13. The van der Waals surface area contributed by atoms with Gasteiger partial charge in [-0.2, -0.15) is 8.42 Å². The van der Waals surface area contributed by atoms with Gasteiger partial charge >= 0.3 is 0 Å². The molecule has 1 aromatic carbocycles. The molecule has 1 aliphatic carbocycles. The largest absolute Gasteiger partial charge is 0.295 e. The summed E-state index contributed by atoms with van der Waals surface area (Å²) in [6.07, 6.45) is 0.639. The lowest BCUT2D eigenvalue weighted by atomic mass is 9.95. The van der Waals surface area contributed by atoms with E-state index in [0.29, 0.717) is 6.08 Å². The van der Waals surface area contributed by atoms with E-state index in [2.05, 4.69) is 0 Å². The summed E-state index contributed by atoms with van der Waals surface area (Å²) in [5, 5.41) is 12.0. The van der Waals surface area contributed by atoms with Crippen LogP contribution in [0, 0.1) is 10.8 Å². The number of ketones is 2. The molecule has 0 aliphatic heterocycles. The molecule has 1 aromatic rings. The fourth-order valence-corrected chi connectivity index (χ4v) is 2.22. The second-order valence-corrected chi connectivity index (χ2v) is 4.61. The second kappa shape index (κ2) is 4.87. The van der Waals surface area contributed by atoms with E-state index in [1.807, 2.05) is 0 Å². The average Bonchev–Trinajstić information content (AvgIpc) is 2.35. The summed E-state index contributed by atoms with van der Waals surface area (Å²) in [6, 6.07) is 5.73. The van der Waals surface area contributed by atoms with Crippen LogP contribution in [-0.2, 0) is 14.9 Å². The molecule has 0 fully saturated rings. The number of carbonyl (C=O) groups excluding carboxylic acids is 2. The summed E-state index contributed by atoms with van der Waals surface area (Å²) in [5.41, 5.74) is 0.0391. The van der Waals surface area contributed by atoms with Gasteiger partial charge in [0.1, 0.15) is 4.91 Å². The van der Waals surface area contributed by atoms with Crippen LogP contribution in [-0.4, -0.2) is 24.5 Å². The number of Topliss-reactive ketones (excluding diaryl/α,β-unsaturated/α-hetero) is 1. The minimum atomic E-state index is -4.51. The fourth-order valence-electron chi connectivity index (χ4n) is 1.50. The molecule has 8 heteroatoms. The maximum atomic E-state index is 11.4. The van der Waals surface area contributed by atoms with E-state index < -0.39 is 26.6 Å². The summed E-state index contributed by atoms with van der Waals surface area (Å²) in [4.78, 5) is 22.1. The van der Waals surface area contributed by atoms with Crippen molar-refractivity contribution in [1.82, 2.24) is 0 Å². The van der Waals surface area contributed by atoms with Crippen LogP contribution in [0.4, 0.5) is 0 Å². The number of hydrogen-bond donors (Lipinski definition) is 1. The molecule has 0 amide bonds. The van der Waals surface area contributed by atoms with Crippen LogP contribution in [0.25, 0.3) is 4.91 Å². The highest BCUT2D eigenvalue weighted by Gasteiger charge is 2.30. The topological polar surface area (TPSA) is 136 Å². The number of benzene rings is 1. The minimum absolute atomic E-state index is 0.0115. The Hall–Kier alpha value is -2.37. The fraction of sp³-hybridized carbons (Fsp3) is 0. The third-order valence-electron chi connectivity index (χ3n) is 2.20. The molecule has 0 aromatic heterocycles. The molecule has 92 valence electrons. The van der Waals surface area contributed by atoms with E-state index in [9.17, 15) is 18.0 Å². The first-order valence-electron chi connectivity index (χ1n) is 4.48. The van der Waals surface area contributed by atoms with Gasteiger partial charge in [0.2, 0.25) is 11.6 Å². The zero-order valence-electron chi connectivity index (χ0n) is 8.77. The summed E-state index contributed by atoms with van der Waals surface area (Å²) >= 11 is 0. The van der Waals surface area contributed by atoms with E-state index >= 15 is 0 Å². The molecule has 0 heterocycles. The predicted molar refractivity (Wildman–Crippen MR) is 58.8 cm³/mol. The molecule has 0 atom stereocenters. The van der Waals surface area contributed by atoms with Crippen molar-refractivity contribution in [2.45, 2.75) is 0 Å². The summed E-state index contributed by atoms with van der Waals surface area (Å²) in [7, 11) is -4.51. The molecule has 18 heavy (non-hydrogen) atoms. The maximum Gasteiger partial charge on any atom is 0.295 e. The van der Waals surface area contributed by atoms with E-state index in [1.165, 1.54) is 24.3 Å². The highest BCUT2D eigenvalue weighted by atomic mass is 32.2. The van der Waals surface area contributed by atoms with Crippen molar-refractivity contribution in [3.8, 4) is 0 Å². The van der Waals surface area contributed by atoms with Gasteiger partial charge in [-0.1, -0.05) is 24.3 Å². The smallest absolute Gasteiger partial charge is 0.286 e. The SMILES string of the molecule is N#N.O=C1C=C(S(=O)(=O)O)c2ccccc2C1=O. The van der Waals surface area contributed by atoms with Gasteiger partial charge in [-0.15, -0.1) is 0 Å². The van der Waals surface area contributed by atoms with Gasteiger partial charge in [0.25, 0.3) is 10.1 Å². The number of rotatable bonds is 1. The summed E-state index contributed by atoms with van der Waals surface area (Å²) < 4.78 is 31.0. The maximum absolute atomic E-state index is 11.4. The Labute approximate surface area is 102 Å². The number of carbonyl (C=O) groups is 2. The van der Waals surface area contributed by atoms with Crippen LogP contribution in [0.1, 0.15) is 15.9 Å². The summed E-state index contributed by atoms with van der Waals surface area (Å²) in [6.45, 7) is 0. The van der Waals surface area contributed by atoms with Gasteiger partial charge in [-0.3, -0.25) is 14.1 Å². The Morgan fingerprint density at radius 2 is 1.50 bits per heavy atom. The van der Waals surface area contributed by atoms with E-state index in [4.69, 9.17) is 15.3 Å². The molecule has 2 rings (SSSR count). The zero-order chi connectivity index (χ0) is 13.9. The number of allylic oxidation sites excluding steroid dienone is 1. The standard InChI is InChI=1S/C10H6O5S.N2/c11-8-5-9(16(13,14)15)6-3-1-2-4-7(6)10(8)12;1-2/h1-5H,(H,13,14,15);. The molecule has 1 aliphatic rings. The Kier molecular flexibility index (Phi) is 3.70. The number of fused-ring (bicyclic) bond motifs is 1. The van der Waals surface area contributed by atoms with Crippen molar-refractivity contribution in [3.63, 3.8) is 0 Å². The third-order valence-corrected chi connectivity index (χ3v) is 3.09. The number of nitrogens with zero attached hydrogens (tertiary/aromatic N) is 2. The zero-order valence-corrected chi connectivity index (χ0v) is 9.59. The van der Waals surface area contributed by atoms with Crippen LogP contribution >= 0.6 is 0 Å². The monoisotopic (exact) mass is 266 g/mol. The predicted octanol–water partition coefficient (Wildman–Crippen LogP) is 0.711. The Morgan fingerprint density at radius 3 is 2.00 bits per heavy atom. The number of hydrogen-bond acceptors (Lipinski definition) is 6. The van der Waals surface area contributed by atoms with Crippen molar-refractivity contribution in [2.24, 2.45) is 0 Å². The molecule has 0 saturated heterocycles. The van der Waals surface area contributed by atoms with Gasteiger partial charge in [0.15, 0.2) is 0 Å². The molecule has 0 bridgehead atoms. The van der Waals surface area contributed by atoms with Gasteiger partial charge in [0, 0.05) is 28.0 Å². The van der Waals surface area contributed by atoms with Crippen molar-refractivity contribution < 1.29 is 22.6 Å². The van der Waals surface area contributed by atoms with E-state index in [0.717, 1.165) is 0 Å². The lowest BCUT2D eigenvalue weighted by Crippen LogP contribution is -2.21. The highest BCUT2D eigenvalue weighted by Crippen LogP contribution is 2.28. The molecule has 0 spiro atoms. The van der Waals surface area contributed by atoms with Crippen LogP contribution < -0.4 is 0 Å². The van der Waals surface area contributed by atoms with Crippen LogP contribution in [0.5, 0.6) is 0 Å². The Balaban J connectivity index is 0.000000771. The molecule has 1 N–H and O–H groups in total. The Morgan fingerprint density at radius 1 is 1.00 bits per heavy atom. The normalized spacial score (nSPS) is 14.1. The molecule has 0 saturated carbocycles. The first kappa shape index (κ1) is 13.7. The first-order valence-corrected chi connectivity index (χ1v) is 5.92. The van der Waals surface area contributed by atoms with Crippen molar-refractivity contribution >= 4 is 26.6 Å². The van der Waals surface area contributed by atoms with Crippen LogP contribution in [0.3, 0.4) is 0 Å². The van der Waals surface area contributed by atoms with E-state index in [1.54, 1.807) is 0 Å². The van der Waals surface area contributed by atoms with Crippen molar-refractivity contribution in [1.29, 1.82) is 10.8 Å². The Bertz CT molecular complexity index is 673. The highest BCUT2D eigenvalue weighted by molar-refractivity contribution is 7.95. The van der Waals surface area contributed by atoms with Crippen molar-refractivity contribution in [2.75, 3.05) is 0 Å². The molecule has 7 nitrogen and oxygen atoms in total. The van der Waals surface area contributed by atoms with Crippen molar-refractivity contribution in [3.05, 3.63) is 41.5 Å². The molecule has 0 unspecified atom stereocenters. The average molecular weight is 266 g/mol. The first-order chi connectivity index (χ1) is 8.41. The van der Waals surface area contributed by atoms with Gasteiger partial charge < -0.3 is 0 Å². The lowest BCUT2D eigenvalue weighted by molar-refractivity contribution is -0.110. The van der Waals surface area contributed by atoms with Crippen LogP contribution in [0.2, 0.25) is 0 Å².